The molecule has 5 heteroatoms. The van der Waals surface area contributed by atoms with E-state index in [2.05, 4.69) is 0 Å². The predicted molar refractivity (Wildman–Crippen MR) is 64.5 cm³/mol. The second kappa shape index (κ2) is 5.02. The quantitative estimate of drug-likeness (QED) is 0.836. The number of hydrogen-bond donors (Lipinski definition) is 1. The van der Waals surface area contributed by atoms with E-state index in [4.69, 9.17) is 17.3 Å². The molecule has 1 aliphatic heterocycles. The van der Waals surface area contributed by atoms with Crippen molar-refractivity contribution in [2.24, 2.45) is 5.73 Å². The minimum atomic E-state index is -0.582. The Morgan fingerprint density at radius 3 is 2.94 bits per heavy atom. The Balaban J connectivity index is 2.24. The van der Waals surface area contributed by atoms with Gasteiger partial charge < -0.3 is 10.6 Å². The molecule has 92 valence electrons. The summed E-state index contributed by atoms with van der Waals surface area (Å²) in [5, 5.41) is 0.147. The van der Waals surface area contributed by atoms with Gasteiger partial charge in [0.2, 0.25) is 0 Å². The zero-order valence-corrected chi connectivity index (χ0v) is 10.1. The summed E-state index contributed by atoms with van der Waals surface area (Å²) in [6.45, 7) is 1.07. The number of nitrogens with zero attached hydrogens (tertiary/aromatic N) is 1. The van der Waals surface area contributed by atoms with Crippen LogP contribution in [0.3, 0.4) is 0 Å². The SMILES string of the molecule is N[C@@H]1CCCN(C(=O)c2c(F)cccc2Cl)C1. The lowest BCUT2D eigenvalue weighted by Crippen LogP contribution is -2.46. The maximum Gasteiger partial charge on any atom is 0.258 e. The maximum atomic E-state index is 13.6. The zero-order chi connectivity index (χ0) is 12.4. The van der Waals surface area contributed by atoms with E-state index in [0.29, 0.717) is 13.1 Å². The van der Waals surface area contributed by atoms with Crippen molar-refractivity contribution >= 4 is 17.5 Å². The zero-order valence-electron chi connectivity index (χ0n) is 9.33. The van der Waals surface area contributed by atoms with Gasteiger partial charge in [-0.1, -0.05) is 17.7 Å². The second-order valence-corrected chi connectivity index (χ2v) is 4.66. The van der Waals surface area contributed by atoms with Crippen LogP contribution in [0.25, 0.3) is 0 Å². The smallest absolute Gasteiger partial charge is 0.258 e. The molecular formula is C12H14ClFN2O. The molecule has 0 aromatic heterocycles. The fourth-order valence-electron chi connectivity index (χ4n) is 2.05. The lowest BCUT2D eigenvalue weighted by molar-refractivity contribution is 0.0704. The molecule has 1 amide bonds. The molecule has 1 heterocycles. The first-order chi connectivity index (χ1) is 8.09. The molecule has 2 rings (SSSR count). The number of likely N-dealkylation sites (tertiary alicyclic amines) is 1. The number of rotatable bonds is 1. The van der Waals surface area contributed by atoms with Crippen LogP contribution in [-0.2, 0) is 0 Å². The monoisotopic (exact) mass is 256 g/mol. The van der Waals surface area contributed by atoms with Gasteiger partial charge in [0.25, 0.3) is 5.91 Å². The first-order valence-electron chi connectivity index (χ1n) is 5.58. The molecule has 2 N–H and O–H groups in total. The van der Waals surface area contributed by atoms with Crippen LogP contribution in [0.15, 0.2) is 18.2 Å². The van der Waals surface area contributed by atoms with Crippen LogP contribution in [-0.4, -0.2) is 29.9 Å². The third-order valence-electron chi connectivity index (χ3n) is 2.92. The average molecular weight is 257 g/mol. The van der Waals surface area contributed by atoms with E-state index in [-0.39, 0.29) is 22.5 Å². The van der Waals surface area contributed by atoms with Gasteiger partial charge >= 0.3 is 0 Å². The van der Waals surface area contributed by atoms with Gasteiger partial charge in [0.15, 0.2) is 0 Å². The van der Waals surface area contributed by atoms with Gasteiger partial charge in [0.05, 0.1) is 10.6 Å². The Hall–Kier alpha value is -1.13. The number of nitrogens with two attached hydrogens (primary N) is 1. The molecule has 0 spiro atoms. The van der Waals surface area contributed by atoms with Crippen LogP contribution >= 0.6 is 11.6 Å². The highest BCUT2D eigenvalue weighted by molar-refractivity contribution is 6.33. The third kappa shape index (κ3) is 2.58. The van der Waals surface area contributed by atoms with Gasteiger partial charge in [-0.3, -0.25) is 4.79 Å². The number of carbonyl (C=O) groups is 1. The largest absolute Gasteiger partial charge is 0.337 e. The number of halogens is 2. The standard InChI is InChI=1S/C12H14ClFN2O/c13-9-4-1-5-10(14)11(9)12(17)16-6-2-3-8(15)7-16/h1,4-5,8H,2-3,6-7,15H2/t8-/m1/s1. The maximum absolute atomic E-state index is 13.6. The summed E-state index contributed by atoms with van der Waals surface area (Å²) in [5.74, 6) is -0.954. The topological polar surface area (TPSA) is 46.3 Å². The van der Waals surface area contributed by atoms with E-state index in [1.54, 1.807) is 4.90 Å². The Morgan fingerprint density at radius 1 is 1.53 bits per heavy atom. The summed E-state index contributed by atoms with van der Waals surface area (Å²) in [5.41, 5.74) is 5.74. The summed E-state index contributed by atoms with van der Waals surface area (Å²) in [6, 6.07) is 4.21. The highest BCUT2D eigenvalue weighted by Gasteiger charge is 2.25. The highest BCUT2D eigenvalue weighted by Crippen LogP contribution is 2.22. The summed E-state index contributed by atoms with van der Waals surface area (Å²) in [7, 11) is 0. The fraction of sp³-hybridized carbons (Fsp3) is 0.417. The highest BCUT2D eigenvalue weighted by atomic mass is 35.5. The molecule has 3 nitrogen and oxygen atoms in total. The van der Waals surface area contributed by atoms with Crippen molar-refractivity contribution in [3.05, 3.63) is 34.6 Å². The molecule has 0 bridgehead atoms. The van der Waals surface area contributed by atoms with Crippen molar-refractivity contribution in [1.29, 1.82) is 0 Å². The van der Waals surface area contributed by atoms with Gasteiger partial charge in [-0.05, 0) is 25.0 Å². The average Bonchev–Trinajstić information content (AvgIpc) is 2.28. The first kappa shape index (κ1) is 12.3. The Kier molecular flexibility index (Phi) is 3.64. The van der Waals surface area contributed by atoms with Crippen molar-refractivity contribution in [3.8, 4) is 0 Å². The van der Waals surface area contributed by atoms with E-state index >= 15 is 0 Å². The van der Waals surface area contributed by atoms with E-state index in [0.717, 1.165) is 12.8 Å². The normalized spacial score (nSPS) is 20.4. The van der Waals surface area contributed by atoms with Crippen LogP contribution in [0, 0.1) is 5.82 Å². The summed E-state index contributed by atoms with van der Waals surface area (Å²) < 4.78 is 13.6. The minimum absolute atomic E-state index is 0.0294. The van der Waals surface area contributed by atoms with E-state index in [1.807, 2.05) is 0 Å². The fourth-order valence-corrected chi connectivity index (χ4v) is 2.30. The summed E-state index contributed by atoms with van der Waals surface area (Å²) in [4.78, 5) is 13.7. The van der Waals surface area contributed by atoms with Gasteiger partial charge in [0, 0.05) is 19.1 Å². The predicted octanol–water partition coefficient (Wildman–Crippen LogP) is 2.04. The molecule has 0 unspecified atom stereocenters. The first-order valence-corrected chi connectivity index (χ1v) is 5.96. The van der Waals surface area contributed by atoms with Gasteiger partial charge in [0.1, 0.15) is 5.82 Å². The third-order valence-corrected chi connectivity index (χ3v) is 3.24. The Bertz CT molecular complexity index is 418. The molecule has 0 radical (unpaired) electrons. The van der Waals surface area contributed by atoms with Crippen molar-refractivity contribution in [2.45, 2.75) is 18.9 Å². The van der Waals surface area contributed by atoms with Crippen LogP contribution in [0.1, 0.15) is 23.2 Å². The molecule has 0 saturated carbocycles. The molecule has 1 aromatic rings. The summed E-state index contributed by atoms with van der Waals surface area (Å²) >= 11 is 5.86. The number of amides is 1. The molecular weight excluding hydrogens is 243 g/mol. The van der Waals surface area contributed by atoms with Crippen molar-refractivity contribution in [1.82, 2.24) is 4.90 Å². The second-order valence-electron chi connectivity index (χ2n) is 4.25. The van der Waals surface area contributed by atoms with Crippen LogP contribution in [0.5, 0.6) is 0 Å². The van der Waals surface area contributed by atoms with Crippen LogP contribution < -0.4 is 5.73 Å². The molecule has 1 aliphatic rings. The Labute approximate surface area is 104 Å². The molecule has 1 saturated heterocycles. The van der Waals surface area contributed by atoms with Gasteiger partial charge in [-0.15, -0.1) is 0 Å². The molecule has 0 aliphatic carbocycles. The lowest BCUT2D eigenvalue weighted by atomic mass is 10.1. The molecule has 1 aromatic carbocycles. The molecule has 1 atom stereocenters. The molecule has 17 heavy (non-hydrogen) atoms. The number of benzene rings is 1. The van der Waals surface area contributed by atoms with Gasteiger partial charge in [-0.2, -0.15) is 0 Å². The van der Waals surface area contributed by atoms with Crippen LogP contribution in [0.2, 0.25) is 5.02 Å². The number of hydrogen-bond acceptors (Lipinski definition) is 2. The number of piperidine rings is 1. The number of carbonyl (C=O) groups excluding carboxylic acids is 1. The van der Waals surface area contributed by atoms with Crippen LogP contribution in [0.4, 0.5) is 4.39 Å². The van der Waals surface area contributed by atoms with Crippen molar-refractivity contribution < 1.29 is 9.18 Å². The lowest BCUT2D eigenvalue weighted by Gasteiger charge is -2.31. The minimum Gasteiger partial charge on any atom is -0.337 e. The van der Waals surface area contributed by atoms with E-state index in [1.165, 1.54) is 18.2 Å². The summed E-state index contributed by atoms with van der Waals surface area (Å²) in [6.07, 6.45) is 1.74. The van der Waals surface area contributed by atoms with Gasteiger partial charge in [-0.25, -0.2) is 4.39 Å². The molecule has 1 fully saturated rings. The van der Waals surface area contributed by atoms with E-state index < -0.39 is 5.82 Å². The van der Waals surface area contributed by atoms with Crippen molar-refractivity contribution in [3.63, 3.8) is 0 Å². The Morgan fingerprint density at radius 2 is 2.29 bits per heavy atom. The van der Waals surface area contributed by atoms with Crippen molar-refractivity contribution in [2.75, 3.05) is 13.1 Å². The van der Waals surface area contributed by atoms with E-state index in [9.17, 15) is 9.18 Å².